The predicted octanol–water partition coefficient (Wildman–Crippen LogP) is 4.31. The number of hydrogen-bond acceptors (Lipinski definition) is 6. The number of benzene rings is 1. The highest BCUT2D eigenvalue weighted by molar-refractivity contribution is 5.89. The summed E-state index contributed by atoms with van der Waals surface area (Å²) in [5.41, 5.74) is -0.673. The molecule has 1 aromatic carbocycles. The summed E-state index contributed by atoms with van der Waals surface area (Å²) in [7, 11) is 0. The van der Waals surface area contributed by atoms with Crippen molar-refractivity contribution in [2.24, 2.45) is 29.1 Å². The van der Waals surface area contributed by atoms with Crippen LogP contribution in [-0.4, -0.2) is 46.8 Å². The third-order valence-electron chi connectivity index (χ3n) is 8.69. The Kier molecular flexibility index (Phi) is 8.22. The van der Waals surface area contributed by atoms with Crippen molar-refractivity contribution in [3.63, 3.8) is 0 Å². The lowest BCUT2D eigenvalue weighted by atomic mass is 9.51. The molecule has 1 aliphatic heterocycles. The van der Waals surface area contributed by atoms with E-state index in [9.17, 15) is 19.5 Å². The second-order valence-electron chi connectivity index (χ2n) is 11.9. The Hall–Kier alpha value is -3.19. The molecule has 2 fully saturated rings. The number of amides is 1. The van der Waals surface area contributed by atoms with E-state index >= 15 is 0 Å². The normalized spacial score (nSPS) is 39.8. The lowest BCUT2D eigenvalue weighted by molar-refractivity contribution is -0.173. The third kappa shape index (κ3) is 5.60. The highest BCUT2D eigenvalue weighted by Gasteiger charge is 2.69. The molecule has 0 bridgehead atoms. The molecule has 7 heteroatoms. The second kappa shape index (κ2) is 11.1. The van der Waals surface area contributed by atoms with Gasteiger partial charge in [0.15, 0.2) is 0 Å². The number of esters is 2. The molecule has 7 nitrogen and oxygen atoms in total. The number of carbonyl (C=O) groups is 3. The maximum Gasteiger partial charge on any atom is 0.303 e. The van der Waals surface area contributed by atoms with Crippen LogP contribution in [0, 0.1) is 29.1 Å². The number of allylic oxidation sites excluding steroid dienone is 1. The van der Waals surface area contributed by atoms with Crippen molar-refractivity contribution in [3.8, 4) is 0 Å². The lowest BCUT2D eigenvalue weighted by Gasteiger charge is -2.53. The molecule has 9 atom stereocenters. The molecule has 1 saturated carbocycles. The summed E-state index contributed by atoms with van der Waals surface area (Å²) < 4.78 is 11.8. The Labute approximate surface area is 231 Å². The number of carbonyl (C=O) groups excluding carboxylic acids is 3. The van der Waals surface area contributed by atoms with Crippen LogP contribution < -0.4 is 5.32 Å². The number of rotatable bonds is 4. The van der Waals surface area contributed by atoms with E-state index in [4.69, 9.17) is 9.47 Å². The molecule has 2 N–H and O–H groups in total. The Morgan fingerprint density at radius 1 is 1.10 bits per heavy atom. The van der Waals surface area contributed by atoms with Crippen molar-refractivity contribution in [2.75, 3.05) is 0 Å². The van der Waals surface area contributed by atoms with Gasteiger partial charge in [-0.15, -0.1) is 0 Å². The van der Waals surface area contributed by atoms with Gasteiger partial charge in [-0.3, -0.25) is 14.4 Å². The van der Waals surface area contributed by atoms with Crippen molar-refractivity contribution < 1.29 is 29.0 Å². The van der Waals surface area contributed by atoms with Gasteiger partial charge in [-0.25, -0.2) is 0 Å². The zero-order valence-electron chi connectivity index (χ0n) is 23.6. The summed E-state index contributed by atoms with van der Waals surface area (Å²) in [6, 6.07) is 9.65. The first-order valence-corrected chi connectivity index (χ1v) is 13.8. The van der Waals surface area contributed by atoms with Gasteiger partial charge in [-0.2, -0.15) is 0 Å². The topological polar surface area (TPSA) is 102 Å². The second-order valence-corrected chi connectivity index (χ2v) is 11.9. The van der Waals surface area contributed by atoms with Gasteiger partial charge in [-0.1, -0.05) is 69.0 Å². The van der Waals surface area contributed by atoms with Gasteiger partial charge in [0.25, 0.3) is 0 Å². The first kappa shape index (κ1) is 28.8. The molecule has 0 aromatic heterocycles. The number of ether oxygens (including phenoxy) is 2. The van der Waals surface area contributed by atoms with E-state index < -0.39 is 41.1 Å². The average Bonchev–Trinajstić information content (AvgIpc) is 3.12. The van der Waals surface area contributed by atoms with Crippen molar-refractivity contribution in [2.45, 2.75) is 77.7 Å². The molecule has 1 aromatic rings. The quantitative estimate of drug-likeness (QED) is 0.440. The first-order chi connectivity index (χ1) is 18.4. The maximum atomic E-state index is 14.4. The Morgan fingerprint density at radius 3 is 2.41 bits per heavy atom. The third-order valence-corrected chi connectivity index (χ3v) is 8.69. The molecular weight excluding hydrogens is 494 g/mol. The van der Waals surface area contributed by atoms with E-state index in [2.05, 4.69) is 18.8 Å². The van der Waals surface area contributed by atoms with E-state index in [1.165, 1.54) is 13.8 Å². The van der Waals surface area contributed by atoms with Crippen LogP contribution in [-0.2, 0) is 30.3 Å². The van der Waals surface area contributed by atoms with Crippen molar-refractivity contribution >= 4 is 17.8 Å². The largest absolute Gasteiger partial charge is 0.457 e. The average molecular weight is 536 g/mol. The number of aliphatic hydroxyl groups is 1. The highest BCUT2D eigenvalue weighted by atomic mass is 16.6. The monoisotopic (exact) mass is 535 g/mol. The summed E-state index contributed by atoms with van der Waals surface area (Å²) in [5, 5.41) is 14.4. The van der Waals surface area contributed by atoms with Crippen LogP contribution in [0.3, 0.4) is 0 Å². The number of nitrogens with one attached hydrogen (secondary N) is 1. The van der Waals surface area contributed by atoms with Crippen LogP contribution in [0.5, 0.6) is 0 Å². The summed E-state index contributed by atoms with van der Waals surface area (Å²) >= 11 is 0. The van der Waals surface area contributed by atoms with Crippen LogP contribution in [0.2, 0.25) is 0 Å². The van der Waals surface area contributed by atoms with E-state index in [0.29, 0.717) is 19.3 Å². The van der Waals surface area contributed by atoms with Crippen molar-refractivity contribution in [1.82, 2.24) is 5.32 Å². The Balaban J connectivity index is 1.97. The van der Waals surface area contributed by atoms with E-state index in [0.717, 1.165) is 11.1 Å². The Bertz CT molecular complexity index is 1170. The van der Waals surface area contributed by atoms with Crippen LogP contribution in [0.1, 0.15) is 53.0 Å². The molecular formula is C32H41NO6. The smallest absolute Gasteiger partial charge is 0.303 e. The van der Waals surface area contributed by atoms with Gasteiger partial charge >= 0.3 is 11.9 Å². The molecule has 1 heterocycles. The summed E-state index contributed by atoms with van der Waals surface area (Å²) in [6.45, 7) is 12.8. The number of hydrogen-bond donors (Lipinski definition) is 2. The minimum atomic E-state index is -1.30. The summed E-state index contributed by atoms with van der Waals surface area (Å²) in [6.07, 6.45) is 7.20. The Morgan fingerprint density at radius 2 is 1.77 bits per heavy atom. The van der Waals surface area contributed by atoms with E-state index in [-0.39, 0.29) is 29.7 Å². The molecule has 0 radical (unpaired) electrons. The van der Waals surface area contributed by atoms with Gasteiger partial charge in [0.05, 0.1) is 5.60 Å². The highest BCUT2D eigenvalue weighted by Crippen LogP contribution is 2.59. The molecule has 3 aliphatic rings. The van der Waals surface area contributed by atoms with Crippen molar-refractivity contribution in [1.29, 1.82) is 0 Å². The van der Waals surface area contributed by atoms with Gasteiger partial charge in [0, 0.05) is 31.7 Å². The molecule has 1 saturated heterocycles. The summed E-state index contributed by atoms with van der Waals surface area (Å²) in [4.78, 5) is 39.3. The van der Waals surface area contributed by atoms with Crippen molar-refractivity contribution in [3.05, 3.63) is 72.4 Å². The standard InChI is InChI=1S/C32H41NO6/c1-19-11-10-14-25-29(39-23(5)35)21(3)20(2)28-26(17-24-12-8-7-9-13-24)33-30(36)32(25,28)27(38-22(4)34)15-16-31(6,37)18-19/h7-10,12-16,19-20,25-29,37H,3,11,17-18H2,1-2,4-6H3,(H,33,36)/b14-10+,16-15+/t19-,20+,25-,26-,27+,28-,29+,31-,32+/m0/s1. The van der Waals surface area contributed by atoms with Crippen LogP contribution in [0.15, 0.2) is 66.8 Å². The van der Waals surface area contributed by atoms with Crippen LogP contribution in [0.25, 0.3) is 0 Å². The minimum Gasteiger partial charge on any atom is -0.457 e. The molecule has 1 spiro atoms. The zero-order chi connectivity index (χ0) is 28.5. The molecule has 4 rings (SSSR count). The fourth-order valence-electron chi connectivity index (χ4n) is 7.20. The van der Waals surface area contributed by atoms with Gasteiger partial charge < -0.3 is 19.9 Å². The first-order valence-electron chi connectivity index (χ1n) is 13.8. The van der Waals surface area contributed by atoms with Crippen LogP contribution in [0.4, 0.5) is 0 Å². The fourth-order valence-corrected chi connectivity index (χ4v) is 7.20. The lowest BCUT2D eigenvalue weighted by Crippen LogP contribution is -2.61. The van der Waals surface area contributed by atoms with Gasteiger partial charge in [-0.05, 0) is 55.2 Å². The van der Waals surface area contributed by atoms with Crippen LogP contribution >= 0.6 is 0 Å². The molecule has 210 valence electrons. The molecule has 0 unspecified atom stereocenters. The fraction of sp³-hybridized carbons (Fsp3) is 0.531. The zero-order valence-corrected chi connectivity index (χ0v) is 23.6. The molecule has 2 aliphatic carbocycles. The van der Waals surface area contributed by atoms with E-state index in [1.54, 1.807) is 19.1 Å². The van der Waals surface area contributed by atoms with Gasteiger partial charge in [0.1, 0.15) is 17.6 Å². The van der Waals surface area contributed by atoms with E-state index in [1.807, 2.05) is 49.4 Å². The summed E-state index contributed by atoms with van der Waals surface area (Å²) in [5.74, 6) is -2.36. The van der Waals surface area contributed by atoms with Gasteiger partial charge in [0.2, 0.25) is 5.91 Å². The molecule has 1 amide bonds. The molecule has 39 heavy (non-hydrogen) atoms. The predicted molar refractivity (Wildman–Crippen MR) is 148 cm³/mol. The maximum absolute atomic E-state index is 14.4. The minimum absolute atomic E-state index is 0.138. The SMILES string of the molecule is C=C1[C@@H](C)[C@H]2[C@H](Cc3ccccc3)NC(=O)[C@]23[C@H](OC(C)=O)/C=C/[C@](C)(O)C[C@@H](C)C/C=C/[C@H]3[C@@H]1OC(C)=O.